The average Bonchev–Trinajstić information content (AvgIpc) is 3.10. The Morgan fingerprint density at radius 3 is 2.52 bits per heavy atom. The van der Waals surface area contributed by atoms with Gasteiger partial charge in [0.15, 0.2) is 0 Å². The van der Waals surface area contributed by atoms with Gasteiger partial charge < -0.3 is 15.0 Å². The number of para-hydroxylation sites is 1. The second-order valence-corrected chi connectivity index (χ2v) is 6.25. The highest BCUT2D eigenvalue weighted by Crippen LogP contribution is 2.35. The van der Waals surface area contributed by atoms with Crippen LogP contribution in [0.2, 0.25) is 5.15 Å². The maximum Gasteiger partial charge on any atom is 0.250 e. The average molecular weight is 379 g/mol. The van der Waals surface area contributed by atoms with Crippen molar-refractivity contribution in [2.75, 3.05) is 11.9 Å². The fraction of sp³-hybridized carbons (Fsp3) is 0.0500. The molecule has 0 fully saturated rings. The summed E-state index contributed by atoms with van der Waals surface area (Å²) in [7, 11) is 0. The van der Waals surface area contributed by atoms with Gasteiger partial charge in [-0.05, 0) is 29.8 Å². The quantitative estimate of drug-likeness (QED) is 0.531. The van der Waals surface area contributed by atoms with Gasteiger partial charge in [0.25, 0.3) is 0 Å². The molecule has 4 aromatic rings. The summed E-state index contributed by atoms with van der Waals surface area (Å²) in [4.78, 5) is 19.9. The molecule has 1 amide bonds. The van der Waals surface area contributed by atoms with Gasteiger partial charge in [-0.2, -0.15) is 0 Å². The zero-order valence-electron chi connectivity index (χ0n) is 14.1. The van der Waals surface area contributed by atoms with Gasteiger partial charge >= 0.3 is 0 Å². The van der Waals surface area contributed by atoms with Crippen LogP contribution in [0, 0.1) is 0 Å². The summed E-state index contributed by atoms with van der Waals surface area (Å²) in [6.45, 7) is -0.556. The largest absolute Gasteiger partial charge is 0.387 e. The molecule has 2 aromatic heterocycles. The predicted molar refractivity (Wildman–Crippen MR) is 105 cm³/mol. The number of amides is 1. The zero-order valence-corrected chi connectivity index (χ0v) is 14.9. The molecular weight excluding hydrogens is 364 g/mol. The number of hydrogen-bond acceptors (Lipinski definition) is 4. The third-order valence-corrected chi connectivity index (χ3v) is 4.48. The fourth-order valence-electron chi connectivity index (χ4n) is 2.96. The van der Waals surface area contributed by atoms with E-state index in [1.165, 1.54) is 6.33 Å². The molecule has 0 radical (unpaired) electrons. The summed E-state index contributed by atoms with van der Waals surface area (Å²) < 4.78 is 1.97. The van der Waals surface area contributed by atoms with E-state index in [-0.39, 0.29) is 0 Å². The number of benzene rings is 2. The summed E-state index contributed by atoms with van der Waals surface area (Å²) in [5.41, 5.74) is 4.09. The van der Waals surface area contributed by atoms with Crippen molar-refractivity contribution in [3.63, 3.8) is 0 Å². The lowest BCUT2D eigenvalue weighted by Crippen LogP contribution is -2.15. The minimum absolute atomic E-state index is 0.377. The molecule has 2 N–H and O–H groups in total. The normalized spacial score (nSPS) is 10.9. The Bertz CT molecular complexity index is 1110. The Morgan fingerprint density at radius 1 is 1.07 bits per heavy atom. The third-order valence-electron chi connectivity index (χ3n) is 4.19. The van der Waals surface area contributed by atoms with E-state index in [2.05, 4.69) is 15.3 Å². The van der Waals surface area contributed by atoms with Crippen molar-refractivity contribution < 1.29 is 9.90 Å². The summed E-state index contributed by atoms with van der Waals surface area (Å²) in [6, 6.07) is 17.2. The number of nitrogens with zero attached hydrogens (tertiary/aromatic N) is 3. The van der Waals surface area contributed by atoms with Gasteiger partial charge in [0.1, 0.15) is 23.7 Å². The maximum atomic E-state index is 11.3. The van der Waals surface area contributed by atoms with Crippen LogP contribution in [-0.4, -0.2) is 32.2 Å². The molecule has 6 nitrogen and oxygen atoms in total. The van der Waals surface area contributed by atoms with E-state index in [0.717, 1.165) is 22.2 Å². The fourth-order valence-corrected chi connectivity index (χ4v) is 3.19. The molecule has 134 valence electrons. The van der Waals surface area contributed by atoms with Gasteiger partial charge in [-0.1, -0.05) is 41.9 Å². The number of halogens is 1. The molecule has 27 heavy (non-hydrogen) atoms. The van der Waals surface area contributed by atoms with Crippen LogP contribution >= 0.6 is 11.6 Å². The van der Waals surface area contributed by atoms with Crippen LogP contribution in [0.5, 0.6) is 0 Å². The van der Waals surface area contributed by atoms with Gasteiger partial charge in [0, 0.05) is 23.1 Å². The molecule has 7 heteroatoms. The number of carbonyl (C=O) groups is 1. The van der Waals surface area contributed by atoms with Crippen molar-refractivity contribution in [1.29, 1.82) is 0 Å². The van der Waals surface area contributed by atoms with Gasteiger partial charge in [-0.25, -0.2) is 9.97 Å². The Hall–Kier alpha value is -3.22. The van der Waals surface area contributed by atoms with Crippen LogP contribution in [-0.2, 0) is 4.79 Å². The first kappa shape index (κ1) is 17.2. The van der Waals surface area contributed by atoms with E-state index < -0.39 is 12.5 Å². The van der Waals surface area contributed by atoms with E-state index in [0.29, 0.717) is 16.5 Å². The molecule has 0 saturated heterocycles. The monoisotopic (exact) mass is 378 g/mol. The van der Waals surface area contributed by atoms with Crippen molar-refractivity contribution in [2.45, 2.75) is 0 Å². The molecule has 0 saturated carbocycles. The first-order valence-electron chi connectivity index (χ1n) is 8.25. The molecule has 0 unspecified atom stereocenters. The minimum Gasteiger partial charge on any atom is -0.387 e. The molecule has 0 spiro atoms. The maximum absolute atomic E-state index is 11.3. The smallest absolute Gasteiger partial charge is 0.250 e. The second kappa shape index (κ2) is 7.19. The molecule has 0 bridgehead atoms. The topological polar surface area (TPSA) is 80.0 Å². The van der Waals surface area contributed by atoms with Gasteiger partial charge in [0.05, 0.1) is 5.39 Å². The number of fused-ring (bicyclic) bond motifs is 1. The molecule has 2 heterocycles. The minimum atomic E-state index is -0.556. The van der Waals surface area contributed by atoms with E-state index >= 15 is 0 Å². The molecule has 0 aliphatic heterocycles. The van der Waals surface area contributed by atoms with Crippen molar-refractivity contribution in [3.8, 4) is 16.8 Å². The third kappa shape index (κ3) is 3.28. The van der Waals surface area contributed by atoms with Gasteiger partial charge in [0.2, 0.25) is 5.91 Å². The summed E-state index contributed by atoms with van der Waals surface area (Å²) in [5.74, 6) is -0.458. The Kier molecular flexibility index (Phi) is 4.58. The number of rotatable bonds is 4. The number of anilines is 1. The molecule has 2 aromatic carbocycles. The molecule has 0 atom stereocenters. The summed E-state index contributed by atoms with van der Waals surface area (Å²) in [5, 5.41) is 12.6. The standard InChI is InChI=1S/C20H15ClN4O2/c21-19-18-16(13-6-8-14(9-7-13)24-17(27)11-26)10-25(20(18)23-12-22-19)15-4-2-1-3-5-15/h1-10,12,26H,11H2,(H,24,27). The highest BCUT2D eigenvalue weighted by molar-refractivity contribution is 6.35. The summed E-state index contributed by atoms with van der Waals surface area (Å²) in [6.07, 6.45) is 3.42. The van der Waals surface area contributed by atoms with E-state index in [1.54, 1.807) is 12.1 Å². The highest BCUT2D eigenvalue weighted by Gasteiger charge is 2.16. The van der Waals surface area contributed by atoms with Crippen LogP contribution in [0.15, 0.2) is 67.1 Å². The lowest BCUT2D eigenvalue weighted by atomic mass is 10.1. The van der Waals surface area contributed by atoms with Crippen LogP contribution in [0.25, 0.3) is 27.8 Å². The molecular formula is C20H15ClN4O2. The lowest BCUT2D eigenvalue weighted by molar-refractivity contribution is -0.118. The van der Waals surface area contributed by atoms with Crippen molar-refractivity contribution in [2.24, 2.45) is 0 Å². The summed E-state index contributed by atoms with van der Waals surface area (Å²) >= 11 is 6.38. The number of aliphatic hydroxyl groups is 1. The predicted octanol–water partition coefficient (Wildman–Crippen LogP) is 3.67. The SMILES string of the molecule is O=C(CO)Nc1ccc(-c2cn(-c3ccccc3)c3ncnc(Cl)c23)cc1. The van der Waals surface area contributed by atoms with E-state index in [4.69, 9.17) is 16.7 Å². The van der Waals surface area contributed by atoms with E-state index in [9.17, 15) is 4.79 Å². The first-order valence-corrected chi connectivity index (χ1v) is 8.63. The number of aromatic nitrogens is 3. The van der Waals surface area contributed by atoms with Crippen LogP contribution < -0.4 is 5.32 Å². The van der Waals surface area contributed by atoms with Crippen LogP contribution in [0.1, 0.15) is 0 Å². The van der Waals surface area contributed by atoms with Crippen LogP contribution in [0.4, 0.5) is 5.69 Å². The Labute approximate surface area is 160 Å². The van der Waals surface area contributed by atoms with Gasteiger partial charge in [-0.3, -0.25) is 4.79 Å². The second-order valence-electron chi connectivity index (χ2n) is 5.90. The first-order chi connectivity index (χ1) is 13.2. The number of hydrogen-bond donors (Lipinski definition) is 2. The van der Waals surface area contributed by atoms with Crippen molar-refractivity contribution >= 4 is 34.2 Å². The number of nitrogens with one attached hydrogen (secondary N) is 1. The number of carbonyl (C=O) groups excluding carboxylic acids is 1. The Morgan fingerprint density at radius 2 is 1.81 bits per heavy atom. The molecule has 0 aliphatic rings. The van der Waals surface area contributed by atoms with E-state index in [1.807, 2.05) is 53.2 Å². The molecule has 4 rings (SSSR count). The highest BCUT2D eigenvalue weighted by atomic mass is 35.5. The van der Waals surface area contributed by atoms with Crippen LogP contribution in [0.3, 0.4) is 0 Å². The molecule has 0 aliphatic carbocycles. The Balaban J connectivity index is 1.84. The van der Waals surface area contributed by atoms with Gasteiger partial charge in [-0.15, -0.1) is 0 Å². The number of aliphatic hydroxyl groups excluding tert-OH is 1. The van der Waals surface area contributed by atoms with Crippen molar-refractivity contribution in [3.05, 3.63) is 72.3 Å². The lowest BCUT2D eigenvalue weighted by Gasteiger charge is -2.05. The zero-order chi connectivity index (χ0) is 18.8. The van der Waals surface area contributed by atoms with Crippen molar-refractivity contribution in [1.82, 2.24) is 14.5 Å².